The maximum Gasteiger partial charge on any atom is 0.338 e. The third-order valence-electron chi connectivity index (χ3n) is 7.55. The number of aliphatic carboxylic acids is 2. The number of carbonyl (C=O) groups excluding carboxylic acids is 2. The molecule has 2 unspecified atom stereocenters. The monoisotopic (exact) mass is 874 g/mol. The Labute approximate surface area is 346 Å². The van der Waals surface area contributed by atoms with E-state index in [9.17, 15) is 28.0 Å². The number of hydrogen-bond acceptors (Lipinski definition) is 6. The van der Waals surface area contributed by atoms with E-state index in [0.29, 0.717) is 45.9 Å². The fourth-order valence-corrected chi connectivity index (χ4v) is 6.50. The zero-order valence-electron chi connectivity index (χ0n) is 30.2. The zero-order valence-corrected chi connectivity index (χ0v) is 33.9. The molecule has 0 spiro atoms. The first-order chi connectivity index (χ1) is 26.4. The number of nitrogens with one attached hydrogen (secondary N) is 2. The van der Waals surface area contributed by atoms with Gasteiger partial charge < -0.3 is 30.3 Å². The van der Waals surface area contributed by atoms with E-state index in [4.69, 9.17) is 77.7 Å². The molecule has 0 heterocycles. The predicted molar refractivity (Wildman–Crippen MR) is 215 cm³/mol. The minimum atomic E-state index is -2.05. The third kappa shape index (κ3) is 14.6. The molecule has 10 nitrogen and oxygen atoms in total. The van der Waals surface area contributed by atoms with Crippen LogP contribution in [0, 0.1) is 6.92 Å². The van der Waals surface area contributed by atoms with Gasteiger partial charge in [-0.15, -0.1) is 0 Å². The van der Waals surface area contributed by atoms with Gasteiger partial charge in [0, 0.05) is 42.1 Å². The molecule has 0 fully saturated rings. The van der Waals surface area contributed by atoms with Crippen molar-refractivity contribution in [2.24, 2.45) is 0 Å². The lowest BCUT2D eigenvalue weighted by Gasteiger charge is -2.14. The summed E-state index contributed by atoms with van der Waals surface area (Å²) in [5, 5.41) is 23.8. The highest BCUT2D eigenvalue weighted by Crippen LogP contribution is 2.37. The third-order valence-corrected chi connectivity index (χ3v) is 8.89. The summed E-state index contributed by atoms with van der Waals surface area (Å²) < 4.78 is 38.1. The highest BCUT2D eigenvalue weighted by atomic mass is 35.5. The van der Waals surface area contributed by atoms with Crippen LogP contribution in [0.3, 0.4) is 0 Å². The van der Waals surface area contributed by atoms with Gasteiger partial charge in [0.2, 0.25) is 24.2 Å². The van der Waals surface area contributed by atoms with Crippen molar-refractivity contribution in [2.75, 3.05) is 10.6 Å². The van der Waals surface area contributed by atoms with E-state index < -0.39 is 24.3 Å². The number of amides is 2. The molecule has 4 aromatic rings. The van der Waals surface area contributed by atoms with E-state index in [2.05, 4.69) is 10.6 Å². The Balaban J connectivity index is 0.000000300. The van der Waals surface area contributed by atoms with Crippen LogP contribution in [0.1, 0.15) is 54.5 Å². The molecular formula is C39H37Cl5F2N2O8. The van der Waals surface area contributed by atoms with Gasteiger partial charge >= 0.3 is 11.9 Å². The molecule has 0 saturated carbocycles. The van der Waals surface area contributed by atoms with Gasteiger partial charge in [0.25, 0.3) is 0 Å². The number of anilines is 2. The number of ether oxygens (including phenoxy) is 2. The number of rotatable bonds is 16. The van der Waals surface area contributed by atoms with Gasteiger partial charge in [0.1, 0.15) is 13.2 Å². The Morgan fingerprint density at radius 1 is 0.589 bits per heavy atom. The molecule has 0 aromatic heterocycles. The average molecular weight is 877 g/mol. The quantitative estimate of drug-likeness (QED) is 0.0869. The molecule has 0 bridgehead atoms. The molecule has 2 amide bonds. The molecular weight excluding hydrogens is 840 g/mol. The van der Waals surface area contributed by atoms with Crippen molar-refractivity contribution in [3.63, 3.8) is 0 Å². The minimum Gasteiger partial charge on any atom is -0.486 e. The second-order valence-corrected chi connectivity index (χ2v) is 14.3. The van der Waals surface area contributed by atoms with E-state index in [1.165, 1.54) is 24.3 Å². The fourth-order valence-electron chi connectivity index (χ4n) is 4.96. The van der Waals surface area contributed by atoms with E-state index in [-0.39, 0.29) is 69.5 Å². The predicted octanol–water partition coefficient (Wildman–Crippen LogP) is 10.7. The van der Waals surface area contributed by atoms with Crippen molar-refractivity contribution in [2.45, 2.75) is 72.0 Å². The van der Waals surface area contributed by atoms with Crippen molar-refractivity contribution in [1.29, 1.82) is 0 Å². The van der Waals surface area contributed by atoms with Gasteiger partial charge in [-0.2, -0.15) is 0 Å². The Hall–Kier alpha value is -4.33. The van der Waals surface area contributed by atoms with Gasteiger partial charge in [-0.25, -0.2) is 18.4 Å². The molecule has 0 aliphatic heterocycles. The normalized spacial score (nSPS) is 11.8. The number of carboxylic acid groups (broad SMARTS) is 2. The minimum absolute atomic E-state index is 0.0647. The number of carboxylic acids is 2. The Morgan fingerprint density at radius 2 is 0.964 bits per heavy atom. The first kappa shape index (κ1) is 46.1. The molecule has 0 radical (unpaired) electrons. The van der Waals surface area contributed by atoms with E-state index >= 15 is 0 Å². The van der Waals surface area contributed by atoms with Crippen molar-refractivity contribution < 1.29 is 47.6 Å². The molecule has 56 heavy (non-hydrogen) atoms. The highest BCUT2D eigenvalue weighted by Gasteiger charge is 2.20. The summed E-state index contributed by atoms with van der Waals surface area (Å²) in [5.41, 5.74) is 4.32. The summed E-state index contributed by atoms with van der Waals surface area (Å²) in [7, 11) is 0. The second kappa shape index (κ2) is 21.8. The van der Waals surface area contributed by atoms with E-state index in [1.807, 2.05) is 19.1 Å². The number of halogens is 7. The van der Waals surface area contributed by atoms with Crippen LogP contribution >= 0.6 is 58.0 Å². The molecule has 17 heteroatoms. The summed E-state index contributed by atoms with van der Waals surface area (Å²) in [4.78, 5) is 44.4. The molecule has 4 N–H and O–H groups in total. The smallest absolute Gasteiger partial charge is 0.338 e. The summed E-state index contributed by atoms with van der Waals surface area (Å²) in [6, 6.07) is 16.2. The van der Waals surface area contributed by atoms with Crippen LogP contribution < -0.4 is 20.1 Å². The number of benzene rings is 4. The van der Waals surface area contributed by atoms with Crippen LogP contribution in [0.25, 0.3) is 0 Å². The van der Waals surface area contributed by atoms with Crippen molar-refractivity contribution >= 4 is 93.1 Å². The lowest BCUT2D eigenvalue weighted by atomic mass is 10.1. The fraction of sp³-hybridized carbons (Fsp3) is 0.282. The zero-order chi connectivity index (χ0) is 41.7. The van der Waals surface area contributed by atoms with Crippen LogP contribution in [0.2, 0.25) is 25.1 Å². The standard InChI is InChI=1S/C20H20Cl2FNO4.C19H17Cl3FNO4/c1-3-18(25)24-14-5-11(2)4-13(6-14)10-28-19-15(21)7-12(8-16(19)22)9-17(23)20(26)27;1-2-17(25)24-13-4-11(3-12(20)8-13)9-28-18-14(21)5-10(6-15(18)22)7-16(23)19(26)27/h4-8,17H,3,9-10H2,1-2H3,(H,24,25)(H,26,27);3-6,8,16H,2,7,9H2,1H3,(H,24,25)(H,26,27). The number of aryl methyl sites for hydroxylation is 1. The summed E-state index contributed by atoms with van der Waals surface area (Å²) in [6.45, 7) is 5.62. The van der Waals surface area contributed by atoms with Gasteiger partial charge in [-0.1, -0.05) is 77.9 Å². The Bertz CT molecular complexity index is 1880. The largest absolute Gasteiger partial charge is 0.486 e. The van der Waals surface area contributed by atoms with Crippen LogP contribution in [-0.2, 0) is 45.2 Å². The lowest BCUT2D eigenvalue weighted by Crippen LogP contribution is -2.17. The van der Waals surface area contributed by atoms with Crippen LogP contribution in [-0.4, -0.2) is 46.3 Å². The highest BCUT2D eigenvalue weighted by molar-refractivity contribution is 6.38. The van der Waals surface area contributed by atoms with Crippen LogP contribution in [0.5, 0.6) is 11.5 Å². The summed E-state index contributed by atoms with van der Waals surface area (Å²) >= 11 is 30.7. The SMILES string of the molecule is CCC(=O)Nc1cc(C)cc(COc2c(Cl)cc(CC(F)C(=O)O)cc2Cl)c1.CCC(=O)Nc1cc(Cl)cc(COc2c(Cl)cc(CC(F)C(=O)O)cc2Cl)c1. The van der Waals surface area contributed by atoms with Gasteiger partial charge in [-0.3, -0.25) is 9.59 Å². The molecule has 4 aromatic carbocycles. The summed E-state index contributed by atoms with van der Waals surface area (Å²) in [5.74, 6) is -2.94. The topological polar surface area (TPSA) is 151 Å². The average Bonchev–Trinajstić information content (AvgIpc) is 3.10. The van der Waals surface area contributed by atoms with Crippen molar-refractivity contribution in [3.05, 3.63) is 114 Å². The van der Waals surface area contributed by atoms with Gasteiger partial charge in [0.05, 0.1) is 20.1 Å². The van der Waals surface area contributed by atoms with Crippen LogP contribution in [0.4, 0.5) is 20.2 Å². The molecule has 0 aliphatic carbocycles. The molecule has 300 valence electrons. The maximum absolute atomic E-state index is 13.4. The number of alkyl halides is 2. The number of carbonyl (C=O) groups is 4. The first-order valence-corrected chi connectivity index (χ1v) is 18.7. The molecule has 4 rings (SSSR count). The number of hydrogen-bond donors (Lipinski definition) is 4. The van der Waals surface area contributed by atoms with Gasteiger partial charge in [-0.05, 0) is 89.3 Å². The maximum atomic E-state index is 13.4. The van der Waals surface area contributed by atoms with E-state index in [1.54, 1.807) is 38.1 Å². The van der Waals surface area contributed by atoms with E-state index in [0.717, 1.165) is 11.1 Å². The molecule has 2 atom stereocenters. The summed E-state index contributed by atoms with van der Waals surface area (Å²) in [6.07, 6.45) is -4.08. The second-order valence-electron chi connectivity index (χ2n) is 12.2. The Kier molecular flexibility index (Phi) is 18.0. The Morgan fingerprint density at radius 3 is 1.34 bits per heavy atom. The lowest BCUT2D eigenvalue weighted by molar-refractivity contribution is -0.143. The van der Waals surface area contributed by atoms with Crippen LogP contribution in [0.15, 0.2) is 60.7 Å². The molecule has 0 saturated heterocycles. The van der Waals surface area contributed by atoms with Crippen molar-refractivity contribution in [3.8, 4) is 11.5 Å². The molecule has 0 aliphatic rings. The van der Waals surface area contributed by atoms with Gasteiger partial charge in [0.15, 0.2) is 11.5 Å². The van der Waals surface area contributed by atoms with Crippen molar-refractivity contribution in [1.82, 2.24) is 0 Å². The first-order valence-electron chi connectivity index (χ1n) is 16.8.